The molecular weight excluding hydrogens is 481 g/mol. The van der Waals surface area contributed by atoms with Crippen molar-refractivity contribution >= 4 is 23.3 Å². The summed E-state index contributed by atoms with van der Waals surface area (Å²) < 4.78 is 39.0. The number of anilines is 1. The van der Waals surface area contributed by atoms with Crippen LogP contribution < -0.4 is 5.32 Å². The number of carbonyl (C=O) groups is 1. The number of pyridine rings is 2. The molecule has 0 unspecified atom stereocenters. The van der Waals surface area contributed by atoms with Gasteiger partial charge in [-0.3, -0.25) is 9.78 Å². The molecule has 1 N–H and O–H groups in total. The van der Waals surface area contributed by atoms with Gasteiger partial charge in [-0.1, -0.05) is 11.6 Å². The van der Waals surface area contributed by atoms with E-state index < -0.39 is 11.7 Å². The molecule has 6 rings (SSSR count). The van der Waals surface area contributed by atoms with Crippen molar-refractivity contribution in [1.82, 2.24) is 24.8 Å². The van der Waals surface area contributed by atoms with Crippen molar-refractivity contribution in [3.05, 3.63) is 64.7 Å². The van der Waals surface area contributed by atoms with E-state index in [1.54, 1.807) is 30.7 Å². The van der Waals surface area contributed by atoms with Crippen molar-refractivity contribution in [3.63, 3.8) is 0 Å². The predicted octanol–water partition coefficient (Wildman–Crippen LogP) is 5.02. The third kappa shape index (κ3) is 4.67. The first-order valence-electron chi connectivity index (χ1n) is 11.2. The Bertz CT molecular complexity index is 1260. The first-order chi connectivity index (χ1) is 16.7. The minimum absolute atomic E-state index is 0.106. The molecule has 182 valence electrons. The van der Waals surface area contributed by atoms with E-state index in [1.165, 1.54) is 0 Å². The quantitative estimate of drug-likeness (QED) is 0.539. The lowest BCUT2D eigenvalue weighted by Gasteiger charge is -2.50. The lowest BCUT2D eigenvalue weighted by molar-refractivity contribution is -0.137. The number of hydrogen-bond donors (Lipinski definition) is 1. The van der Waals surface area contributed by atoms with E-state index in [-0.39, 0.29) is 34.7 Å². The van der Waals surface area contributed by atoms with E-state index in [4.69, 9.17) is 11.6 Å². The van der Waals surface area contributed by atoms with Crippen LogP contribution in [0.15, 0.2) is 43.0 Å². The van der Waals surface area contributed by atoms with E-state index in [1.807, 2.05) is 11.8 Å². The number of rotatable bonds is 4. The summed E-state index contributed by atoms with van der Waals surface area (Å²) in [7, 11) is 0. The number of aryl methyl sites for hydroxylation is 1. The highest BCUT2D eigenvalue weighted by Gasteiger charge is 2.44. The summed E-state index contributed by atoms with van der Waals surface area (Å²) in [6.07, 6.45) is 3.63. The van der Waals surface area contributed by atoms with Crippen molar-refractivity contribution in [2.45, 2.75) is 44.4 Å². The molecule has 11 heteroatoms. The second kappa shape index (κ2) is 9.07. The lowest BCUT2D eigenvalue weighted by atomic mass is 9.76. The van der Waals surface area contributed by atoms with Crippen molar-refractivity contribution < 1.29 is 18.0 Å². The maximum absolute atomic E-state index is 13.8. The molecule has 1 amide bonds. The van der Waals surface area contributed by atoms with Crippen LogP contribution in [0.3, 0.4) is 0 Å². The standard InChI is InChI=1S/C24H22ClF3N6O/c1-13-7-16(20(31-10-13)22-29-5-2-6-30-22)23(35)34-12-14-3-4-19(34)18(8-14)33-21-17(25)9-15(11-32-21)24(26,27)28/h2,5-7,9-11,14,18-19H,3-4,8,12H2,1H3,(H,32,33)/t14-,18-,19+/m1/s1. The maximum Gasteiger partial charge on any atom is 0.417 e. The number of fused-ring (bicyclic) bond motifs is 3. The predicted molar refractivity (Wildman–Crippen MR) is 124 cm³/mol. The van der Waals surface area contributed by atoms with Crippen LogP contribution >= 0.6 is 11.6 Å². The second-order valence-electron chi connectivity index (χ2n) is 8.99. The largest absolute Gasteiger partial charge is 0.417 e. The van der Waals surface area contributed by atoms with Gasteiger partial charge in [0.15, 0.2) is 5.82 Å². The molecule has 2 bridgehead atoms. The van der Waals surface area contributed by atoms with Gasteiger partial charge in [-0.25, -0.2) is 15.0 Å². The number of halogens is 4. The number of amides is 1. The summed E-state index contributed by atoms with van der Waals surface area (Å²) in [5, 5.41) is 3.10. The highest BCUT2D eigenvalue weighted by molar-refractivity contribution is 6.33. The monoisotopic (exact) mass is 502 g/mol. The molecule has 3 aromatic heterocycles. The molecule has 2 aliphatic heterocycles. The smallest absolute Gasteiger partial charge is 0.364 e. The Kier molecular flexibility index (Phi) is 6.08. The summed E-state index contributed by atoms with van der Waals surface area (Å²) in [4.78, 5) is 32.5. The summed E-state index contributed by atoms with van der Waals surface area (Å²) in [5.41, 5.74) is 0.774. The van der Waals surface area contributed by atoms with Crippen molar-refractivity contribution in [2.24, 2.45) is 5.92 Å². The zero-order valence-corrected chi connectivity index (χ0v) is 19.5. The van der Waals surface area contributed by atoms with Crippen LogP contribution in [-0.4, -0.2) is 49.4 Å². The van der Waals surface area contributed by atoms with E-state index in [2.05, 4.69) is 25.3 Å². The van der Waals surface area contributed by atoms with Crippen LogP contribution in [0.1, 0.15) is 40.7 Å². The fourth-order valence-corrected chi connectivity index (χ4v) is 5.16. The molecule has 1 aliphatic carbocycles. The topological polar surface area (TPSA) is 83.9 Å². The summed E-state index contributed by atoms with van der Waals surface area (Å²) in [5.74, 6) is 0.633. The molecule has 7 nitrogen and oxygen atoms in total. The number of aromatic nitrogens is 4. The summed E-state index contributed by atoms with van der Waals surface area (Å²) >= 11 is 6.13. The van der Waals surface area contributed by atoms with Gasteiger partial charge in [-0.05, 0) is 55.9 Å². The van der Waals surface area contributed by atoms with Crippen LogP contribution in [0, 0.1) is 12.8 Å². The number of hydrogen-bond acceptors (Lipinski definition) is 6. The zero-order valence-electron chi connectivity index (χ0n) is 18.8. The molecule has 2 saturated heterocycles. The Balaban J connectivity index is 1.42. The Hall–Kier alpha value is -3.27. The number of alkyl halides is 3. The van der Waals surface area contributed by atoms with Gasteiger partial charge in [0.05, 0.1) is 22.2 Å². The Morgan fingerprint density at radius 2 is 1.89 bits per heavy atom. The molecule has 5 heterocycles. The Morgan fingerprint density at radius 3 is 2.57 bits per heavy atom. The van der Waals surface area contributed by atoms with Crippen LogP contribution in [-0.2, 0) is 6.18 Å². The molecule has 1 saturated carbocycles. The molecule has 3 fully saturated rings. The van der Waals surface area contributed by atoms with Gasteiger partial charge in [-0.2, -0.15) is 13.2 Å². The van der Waals surface area contributed by atoms with Crippen LogP contribution in [0.25, 0.3) is 11.5 Å². The van der Waals surface area contributed by atoms with Crippen LogP contribution in [0.5, 0.6) is 0 Å². The van der Waals surface area contributed by atoms with Crippen molar-refractivity contribution in [1.29, 1.82) is 0 Å². The van der Waals surface area contributed by atoms with Crippen molar-refractivity contribution in [3.8, 4) is 11.5 Å². The van der Waals surface area contributed by atoms with Crippen molar-refractivity contribution in [2.75, 3.05) is 11.9 Å². The summed E-state index contributed by atoms with van der Waals surface area (Å²) in [6, 6.07) is 3.99. The van der Waals surface area contributed by atoms with E-state index in [9.17, 15) is 18.0 Å². The molecule has 0 radical (unpaired) electrons. The fourth-order valence-electron chi connectivity index (χ4n) is 4.94. The third-order valence-electron chi connectivity index (χ3n) is 6.56. The van der Waals surface area contributed by atoms with Gasteiger partial charge >= 0.3 is 6.18 Å². The van der Waals surface area contributed by atoms with E-state index in [0.29, 0.717) is 23.6 Å². The highest BCUT2D eigenvalue weighted by atomic mass is 35.5. The molecule has 0 aromatic carbocycles. The second-order valence-corrected chi connectivity index (χ2v) is 9.40. The molecule has 3 atom stereocenters. The normalized spacial score (nSPS) is 21.7. The molecule has 3 aliphatic rings. The first-order valence-corrected chi connectivity index (χ1v) is 11.6. The zero-order chi connectivity index (χ0) is 24.7. The van der Waals surface area contributed by atoms with Gasteiger partial charge in [-0.15, -0.1) is 0 Å². The summed E-state index contributed by atoms with van der Waals surface area (Å²) in [6.45, 7) is 2.46. The molecule has 35 heavy (non-hydrogen) atoms. The number of nitrogens with one attached hydrogen (secondary N) is 1. The van der Waals surface area contributed by atoms with E-state index >= 15 is 0 Å². The van der Waals surface area contributed by atoms with Gasteiger partial charge in [0, 0.05) is 37.4 Å². The minimum Gasteiger partial charge on any atom is -0.364 e. The fraction of sp³-hybridized carbons (Fsp3) is 0.375. The van der Waals surface area contributed by atoms with Gasteiger partial charge < -0.3 is 10.2 Å². The average Bonchev–Trinajstić information content (AvgIpc) is 2.85. The maximum atomic E-state index is 13.8. The third-order valence-corrected chi connectivity index (χ3v) is 6.85. The number of piperidine rings is 2. The van der Waals surface area contributed by atoms with Crippen LogP contribution in [0.2, 0.25) is 5.02 Å². The highest BCUT2D eigenvalue weighted by Crippen LogP contribution is 2.39. The number of carbonyl (C=O) groups excluding carboxylic acids is 1. The Labute approximate surface area is 204 Å². The number of nitrogens with zero attached hydrogens (tertiary/aromatic N) is 5. The Morgan fingerprint density at radius 1 is 1.11 bits per heavy atom. The first kappa shape index (κ1) is 23.5. The van der Waals surface area contributed by atoms with Gasteiger partial charge in [0.1, 0.15) is 11.5 Å². The van der Waals surface area contributed by atoms with E-state index in [0.717, 1.165) is 37.1 Å². The van der Waals surface area contributed by atoms with Crippen LogP contribution in [0.4, 0.5) is 19.0 Å². The molecule has 0 spiro atoms. The SMILES string of the molecule is Cc1cnc(-c2ncccn2)c(C(=O)N2C[C@@H]3CC[C@H]2[C@H](Nc2ncc(C(F)(F)F)cc2Cl)C3)c1. The lowest BCUT2D eigenvalue weighted by Crippen LogP contribution is -2.59. The average molecular weight is 503 g/mol. The van der Waals surface area contributed by atoms with Gasteiger partial charge in [0.2, 0.25) is 0 Å². The molecule has 3 aromatic rings. The minimum atomic E-state index is -4.52. The molecular formula is C24H22ClF3N6O. The van der Waals surface area contributed by atoms with Gasteiger partial charge in [0.25, 0.3) is 5.91 Å².